The van der Waals surface area contributed by atoms with Crippen molar-refractivity contribution in [3.63, 3.8) is 0 Å². The molecule has 0 aliphatic carbocycles. The zero-order valence-corrected chi connectivity index (χ0v) is 18.9. The van der Waals surface area contributed by atoms with Gasteiger partial charge in [-0.25, -0.2) is 4.79 Å². The molecule has 0 radical (unpaired) electrons. The van der Waals surface area contributed by atoms with Gasteiger partial charge in [-0.15, -0.1) is 11.8 Å². The van der Waals surface area contributed by atoms with Crippen LogP contribution in [0.25, 0.3) is 0 Å². The number of nitrogens with one attached hydrogen (secondary N) is 2. The first-order chi connectivity index (χ1) is 15.4. The number of hydrogen-bond donors (Lipinski definition) is 2. The largest absolute Gasteiger partial charge is 0.486 e. The third-order valence-corrected chi connectivity index (χ3v) is 6.47. The topological polar surface area (TPSA) is 97.0 Å². The maximum Gasteiger partial charge on any atom is 0.325 e. The highest BCUT2D eigenvalue weighted by molar-refractivity contribution is 7.99. The van der Waals surface area contributed by atoms with Crippen molar-refractivity contribution in [3.05, 3.63) is 53.1 Å². The Morgan fingerprint density at radius 3 is 2.62 bits per heavy atom. The summed E-state index contributed by atoms with van der Waals surface area (Å²) < 4.78 is 11.1. The highest BCUT2D eigenvalue weighted by Crippen LogP contribution is 2.36. The van der Waals surface area contributed by atoms with Crippen LogP contribution in [-0.4, -0.2) is 54.8 Å². The summed E-state index contributed by atoms with van der Waals surface area (Å²) in [4.78, 5) is 39.8. The lowest BCUT2D eigenvalue weighted by Gasteiger charge is -2.25. The van der Waals surface area contributed by atoms with Gasteiger partial charge in [0.25, 0.3) is 5.91 Å². The number of rotatable bonds is 7. The number of nitrogens with zero attached hydrogens (tertiary/aromatic N) is 1. The van der Waals surface area contributed by atoms with Crippen LogP contribution in [0.3, 0.4) is 0 Å². The summed E-state index contributed by atoms with van der Waals surface area (Å²) in [5.41, 5.74) is -0.736. The van der Waals surface area contributed by atoms with Crippen LogP contribution in [0.5, 0.6) is 11.5 Å². The standard InChI is InChI=1S/C22H22ClN3O5S/c1-22(14-2-7-17-18(12-14)31-10-9-30-17)20(28)26(21(29)25-22)13-19(27)24-8-11-32-16-5-3-15(23)4-6-16/h2-7,12H,8-11,13H2,1H3,(H,24,27)(H,25,29). The van der Waals surface area contributed by atoms with E-state index in [0.29, 0.717) is 47.6 Å². The van der Waals surface area contributed by atoms with Crippen molar-refractivity contribution in [1.82, 2.24) is 15.5 Å². The minimum atomic E-state index is -1.29. The van der Waals surface area contributed by atoms with E-state index in [1.807, 2.05) is 12.1 Å². The van der Waals surface area contributed by atoms with Crippen LogP contribution in [0.15, 0.2) is 47.4 Å². The number of amides is 4. The highest BCUT2D eigenvalue weighted by Gasteiger charge is 2.49. The fraction of sp³-hybridized carbons (Fsp3) is 0.318. The lowest BCUT2D eigenvalue weighted by atomic mass is 9.91. The Labute approximate surface area is 194 Å². The number of fused-ring (bicyclic) bond motifs is 1. The predicted molar refractivity (Wildman–Crippen MR) is 120 cm³/mol. The maximum absolute atomic E-state index is 13.1. The van der Waals surface area contributed by atoms with Crippen LogP contribution < -0.4 is 20.1 Å². The fourth-order valence-electron chi connectivity index (χ4n) is 3.48. The summed E-state index contributed by atoms with van der Waals surface area (Å²) in [6.07, 6.45) is 0. The Hall–Kier alpha value is -2.91. The molecule has 0 aromatic heterocycles. The Morgan fingerprint density at radius 2 is 1.88 bits per heavy atom. The second kappa shape index (κ2) is 9.30. The zero-order valence-electron chi connectivity index (χ0n) is 17.4. The first kappa shape index (κ1) is 22.3. The summed E-state index contributed by atoms with van der Waals surface area (Å²) >= 11 is 7.43. The second-order valence-corrected chi connectivity index (χ2v) is 9.06. The third kappa shape index (κ3) is 4.63. The molecule has 1 fully saturated rings. The van der Waals surface area contributed by atoms with Crippen molar-refractivity contribution in [3.8, 4) is 11.5 Å². The van der Waals surface area contributed by atoms with E-state index in [1.165, 1.54) is 0 Å². The predicted octanol–water partition coefficient (Wildman–Crippen LogP) is 2.79. The number of thioether (sulfide) groups is 1. The molecule has 168 valence electrons. The smallest absolute Gasteiger partial charge is 0.325 e. The van der Waals surface area contributed by atoms with Crippen molar-refractivity contribution in [2.75, 3.05) is 32.1 Å². The lowest BCUT2D eigenvalue weighted by Crippen LogP contribution is -2.43. The van der Waals surface area contributed by atoms with Crippen LogP contribution >= 0.6 is 23.4 Å². The summed E-state index contributed by atoms with van der Waals surface area (Å²) in [5, 5.41) is 6.11. The van der Waals surface area contributed by atoms with E-state index >= 15 is 0 Å². The maximum atomic E-state index is 13.1. The Morgan fingerprint density at radius 1 is 1.16 bits per heavy atom. The second-order valence-electron chi connectivity index (χ2n) is 7.46. The van der Waals surface area contributed by atoms with Gasteiger partial charge in [0.05, 0.1) is 0 Å². The number of carbonyl (C=O) groups is 3. The lowest BCUT2D eigenvalue weighted by molar-refractivity contribution is -0.134. The van der Waals surface area contributed by atoms with E-state index in [4.69, 9.17) is 21.1 Å². The molecule has 1 atom stereocenters. The average Bonchev–Trinajstić information content (AvgIpc) is 3.01. The van der Waals surface area contributed by atoms with Crippen molar-refractivity contribution in [2.45, 2.75) is 17.4 Å². The molecule has 2 aromatic carbocycles. The number of urea groups is 1. The molecule has 0 saturated carbocycles. The van der Waals surface area contributed by atoms with Gasteiger partial charge in [0, 0.05) is 22.2 Å². The van der Waals surface area contributed by atoms with Crippen molar-refractivity contribution < 1.29 is 23.9 Å². The number of hydrogen-bond acceptors (Lipinski definition) is 6. The Kier molecular flexibility index (Phi) is 6.48. The molecule has 10 heteroatoms. The first-order valence-corrected chi connectivity index (χ1v) is 11.4. The van der Waals surface area contributed by atoms with Gasteiger partial charge in [0.2, 0.25) is 5.91 Å². The van der Waals surface area contributed by atoms with E-state index in [9.17, 15) is 14.4 Å². The van der Waals surface area contributed by atoms with Crippen LogP contribution in [0.4, 0.5) is 4.79 Å². The quantitative estimate of drug-likeness (QED) is 0.363. The van der Waals surface area contributed by atoms with Crippen LogP contribution in [-0.2, 0) is 15.1 Å². The molecular formula is C22H22ClN3O5S. The molecule has 2 heterocycles. The summed E-state index contributed by atoms with van der Waals surface area (Å²) in [6.45, 7) is 2.53. The molecule has 1 saturated heterocycles. The number of halogens is 1. The van der Waals surface area contributed by atoms with Crippen molar-refractivity contribution >= 4 is 41.2 Å². The minimum absolute atomic E-state index is 0.351. The molecule has 0 bridgehead atoms. The molecule has 0 spiro atoms. The normalized spacial score (nSPS) is 19.6. The van der Waals surface area contributed by atoms with Gasteiger partial charge in [-0.2, -0.15) is 0 Å². The molecule has 2 aliphatic rings. The van der Waals surface area contributed by atoms with E-state index in [2.05, 4.69) is 10.6 Å². The number of benzene rings is 2. The summed E-state index contributed by atoms with van der Waals surface area (Å²) in [7, 11) is 0. The fourth-order valence-corrected chi connectivity index (χ4v) is 4.37. The molecule has 2 N–H and O–H groups in total. The van der Waals surface area contributed by atoms with Crippen LogP contribution in [0.2, 0.25) is 5.02 Å². The SMILES string of the molecule is CC1(c2ccc3c(c2)OCCO3)NC(=O)N(CC(=O)NCCSc2ccc(Cl)cc2)C1=O. The first-order valence-electron chi connectivity index (χ1n) is 10.1. The van der Waals surface area contributed by atoms with E-state index in [-0.39, 0.29) is 6.54 Å². The molecule has 32 heavy (non-hydrogen) atoms. The third-order valence-electron chi connectivity index (χ3n) is 5.20. The van der Waals surface area contributed by atoms with Crippen molar-refractivity contribution in [2.24, 2.45) is 0 Å². The van der Waals surface area contributed by atoms with Crippen LogP contribution in [0.1, 0.15) is 12.5 Å². The van der Waals surface area contributed by atoms with E-state index in [1.54, 1.807) is 49.0 Å². The minimum Gasteiger partial charge on any atom is -0.486 e. The Bertz CT molecular complexity index is 1050. The molecule has 2 aliphatic heterocycles. The van der Waals surface area contributed by atoms with E-state index in [0.717, 1.165) is 9.80 Å². The average molecular weight is 476 g/mol. The van der Waals surface area contributed by atoms with E-state index < -0.39 is 23.4 Å². The highest BCUT2D eigenvalue weighted by atomic mass is 35.5. The van der Waals surface area contributed by atoms with Crippen LogP contribution in [0, 0.1) is 0 Å². The number of ether oxygens (including phenoxy) is 2. The van der Waals surface area contributed by atoms with Gasteiger partial charge >= 0.3 is 6.03 Å². The van der Waals surface area contributed by atoms with Gasteiger partial charge < -0.3 is 20.1 Å². The zero-order chi connectivity index (χ0) is 22.7. The van der Waals surface area contributed by atoms with Gasteiger partial charge in [0.15, 0.2) is 11.5 Å². The summed E-state index contributed by atoms with van der Waals surface area (Å²) in [5.74, 6) is 0.851. The van der Waals surface area contributed by atoms with Gasteiger partial charge in [-0.05, 0) is 48.9 Å². The molecule has 4 rings (SSSR count). The number of carbonyl (C=O) groups excluding carboxylic acids is 3. The molecule has 2 aromatic rings. The molecular weight excluding hydrogens is 454 g/mol. The Balaban J connectivity index is 1.33. The van der Waals surface area contributed by atoms with Gasteiger partial charge in [-0.1, -0.05) is 17.7 Å². The summed E-state index contributed by atoms with van der Waals surface area (Å²) in [6, 6.07) is 11.9. The van der Waals surface area contributed by atoms with Gasteiger partial charge in [-0.3, -0.25) is 14.5 Å². The number of imide groups is 1. The van der Waals surface area contributed by atoms with Crippen molar-refractivity contribution in [1.29, 1.82) is 0 Å². The van der Waals surface area contributed by atoms with Gasteiger partial charge in [0.1, 0.15) is 25.3 Å². The molecule has 4 amide bonds. The molecule has 8 nitrogen and oxygen atoms in total. The monoisotopic (exact) mass is 475 g/mol. The molecule has 1 unspecified atom stereocenters.